The lowest BCUT2D eigenvalue weighted by molar-refractivity contribution is 0.0937. The Balaban J connectivity index is 2.31. The zero-order valence-electron chi connectivity index (χ0n) is 44.1. The average Bonchev–Trinajstić information content (AvgIpc) is 3.32. The first kappa shape index (κ1) is 61.0. The highest BCUT2D eigenvalue weighted by molar-refractivity contribution is 6.00. The highest BCUT2D eigenvalue weighted by Crippen LogP contribution is 2.23. The van der Waals surface area contributed by atoms with Crippen LogP contribution in [0.2, 0.25) is 0 Å². The molecule has 0 fully saturated rings. The van der Waals surface area contributed by atoms with Crippen LogP contribution < -0.4 is 15.4 Å². The largest absolute Gasteiger partial charge is 0.493 e. The van der Waals surface area contributed by atoms with E-state index in [9.17, 15) is 9.59 Å². The molecule has 0 spiro atoms. The molecule has 5 heteroatoms. The van der Waals surface area contributed by atoms with E-state index in [1.54, 1.807) is 18.2 Å². The van der Waals surface area contributed by atoms with Crippen LogP contribution in [0.3, 0.4) is 0 Å². The summed E-state index contributed by atoms with van der Waals surface area (Å²) in [6.07, 6.45) is 61.5. The number of hydrogen-bond donors (Lipinski definition) is 2. The van der Waals surface area contributed by atoms with Gasteiger partial charge in [-0.3, -0.25) is 9.59 Å². The Morgan fingerprint density at radius 3 is 0.908 bits per heavy atom. The van der Waals surface area contributed by atoms with Crippen molar-refractivity contribution in [3.63, 3.8) is 0 Å². The minimum Gasteiger partial charge on any atom is -0.493 e. The number of amides is 2. The molecule has 0 heterocycles. The number of unbranched alkanes of at least 4 members (excludes halogenated alkanes) is 43. The summed E-state index contributed by atoms with van der Waals surface area (Å²) < 4.78 is 6.27. The number of ether oxygens (including phenoxy) is 1. The van der Waals surface area contributed by atoms with Crippen LogP contribution in [0.1, 0.15) is 337 Å². The van der Waals surface area contributed by atoms with Crippen LogP contribution in [-0.4, -0.2) is 31.5 Å². The molecule has 1 aromatic carbocycles. The van der Waals surface area contributed by atoms with Crippen LogP contribution in [-0.2, 0) is 0 Å². The van der Waals surface area contributed by atoms with Gasteiger partial charge in [0.2, 0.25) is 0 Å². The van der Waals surface area contributed by atoms with Crippen molar-refractivity contribution in [3.8, 4) is 5.75 Å². The van der Waals surface area contributed by atoms with E-state index in [0.717, 1.165) is 38.5 Å². The molecule has 0 saturated carbocycles. The lowest BCUT2D eigenvalue weighted by atomic mass is 10.0. The molecular weight excluding hydrogens is 797 g/mol. The quantitative estimate of drug-likeness (QED) is 0.0640. The van der Waals surface area contributed by atoms with E-state index >= 15 is 0 Å². The monoisotopic (exact) mass is 909 g/mol. The van der Waals surface area contributed by atoms with Gasteiger partial charge in [0, 0.05) is 18.7 Å². The number of carbonyl (C=O) groups is 2. The SMILES string of the molecule is CCCCCCCCCCCCCCCCCCCCNC(=O)c1ccc(C(=O)NCCCCCCCCCCCCCCCCCCCC)c(OCCCCCCCCCCCC)c1. The third-order valence-electron chi connectivity index (χ3n) is 13.9. The van der Waals surface area contributed by atoms with Crippen LogP contribution >= 0.6 is 0 Å². The van der Waals surface area contributed by atoms with Gasteiger partial charge in [0.1, 0.15) is 5.75 Å². The summed E-state index contributed by atoms with van der Waals surface area (Å²) in [4.78, 5) is 26.6. The summed E-state index contributed by atoms with van der Waals surface area (Å²) >= 11 is 0. The molecular formula is C60H112N2O3. The van der Waals surface area contributed by atoms with E-state index in [0.29, 0.717) is 36.6 Å². The Labute approximate surface area is 406 Å². The van der Waals surface area contributed by atoms with Crippen molar-refractivity contribution >= 4 is 11.8 Å². The van der Waals surface area contributed by atoms with Crippen molar-refractivity contribution in [2.45, 2.75) is 316 Å². The summed E-state index contributed by atoms with van der Waals surface area (Å²) in [6.45, 7) is 8.80. The normalized spacial score (nSPS) is 11.4. The van der Waals surface area contributed by atoms with Crippen molar-refractivity contribution in [1.82, 2.24) is 10.6 Å². The second-order valence-corrected chi connectivity index (χ2v) is 20.3. The molecule has 0 saturated heterocycles. The molecule has 0 atom stereocenters. The van der Waals surface area contributed by atoms with Crippen molar-refractivity contribution in [2.24, 2.45) is 0 Å². The first-order chi connectivity index (χ1) is 32.1. The summed E-state index contributed by atoms with van der Waals surface area (Å²) in [5, 5.41) is 6.29. The van der Waals surface area contributed by atoms with Gasteiger partial charge in [0.25, 0.3) is 11.8 Å². The predicted molar refractivity (Wildman–Crippen MR) is 286 cm³/mol. The standard InChI is InChI=1S/C60H112N2O3/c1-4-7-10-13-16-19-22-24-26-28-30-32-34-36-38-41-44-47-52-61-59(63)56-50-51-57(58(55-56)65-54-49-46-43-40-21-18-15-12-9-6-3)60(64)62-53-48-45-42-39-37-35-33-31-29-27-25-23-20-17-14-11-8-5-2/h50-51,55H,4-49,52-54H2,1-3H3,(H,61,63)(H,62,64). The number of rotatable bonds is 52. The Morgan fingerprint density at radius 1 is 0.338 bits per heavy atom. The third kappa shape index (κ3) is 40.7. The number of benzene rings is 1. The molecule has 0 aliphatic carbocycles. The molecule has 1 rings (SSSR count). The maximum atomic E-state index is 13.4. The van der Waals surface area contributed by atoms with Crippen LogP contribution in [0.4, 0.5) is 0 Å². The van der Waals surface area contributed by atoms with Gasteiger partial charge in [-0.25, -0.2) is 0 Å². The van der Waals surface area contributed by atoms with Crippen LogP contribution in [0.5, 0.6) is 5.75 Å². The summed E-state index contributed by atoms with van der Waals surface area (Å²) in [5.74, 6) is 0.365. The smallest absolute Gasteiger partial charge is 0.255 e. The van der Waals surface area contributed by atoms with E-state index < -0.39 is 0 Å². The zero-order chi connectivity index (χ0) is 46.8. The Kier molecular flexibility index (Phi) is 46.8. The summed E-state index contributed by atoms with van der Waals surface area (Å²) in [5.41, 5.74) is 1.12. The summed E-state index contributed by atoms with van der Waals surface area (Å²) in [7, 11) is 0. The summed E-state index contributed by atoms with van der Waals surface area (Å²) in [6, 6.07) is 5.39. The van der Waals surface area contributed by atoms with Gasteiger partial charge in [0.05, 0.1) is 12.2 Å². The van der Waals surface area contributed by atoms with Crippen LogP contribution in [0.15, 0.2) is 18.2 Å². The Morgan fingerprint density at radius 2 is 0.600 bits per heavy atom. The van der Waals surface area contributed by atoms with Crippen molar-refractivity contribution < 1.29 is 14.3 Å². The molecule has 0 aliphatic heterocycles. The number of hydrogen-bond acceptors (Lipinski definition) is 3. The lowest BCUT2D eigenvalue weighted by Crippen LogP contribution is -2.26. The van der Waals surface area contributed by atoms with Gasteiger partial charge >= 0.3 is 0 Å². The molecule has 5 nitrogen and oxygen atoms in total. The predicted octanol–water partition coefficient (Wildman–Crippen LogP) is 19.5. The second-order valence-electron chi connectivity index (χ2n) is 20.3. The van der Waals surface area contributed by atoms with Gasteiger partial charge in [-0.2, -0.15) is 0 Å². The molecule has 380 valence electrons. The number of carbonyl (C=O) groups excluding carboxylic acids is 2. The molecule has 0 unspecified atom stereocenters. The van der Waals surface area contributed by atoms with Crippen LogP contribution in [0.25, 0.3) is 0 Å². The maximum absolute atomic E-state index is 13.4. The minimum absolute atomic E-state index is 0.0773. The van der Waals surface area contributed by atoms with Gasteiger partial charge in [-0.05, 0) is 37.5 Å². The highest BCUT2D eigenvalue weighted by atomic mass is 16.5. The van der Waals surface area contributed by atoms with Crippen LogP contribution in [0, 0.1) is 0 Å². The van der Waals surface area contributed by atoms with Crippen molar-refractivity contribution in [1.29, 1.82) is 0 Å². The highest BCUT2D eigenvalue weighted by Gasteiger charge is 2.16. The molecule has 0 radical (unpaired) electrons. The van der Waals surface area contributed by atoms with Gasteiger partial charge in [-0.15, -0.1) is 0 Å². The molecule has 2 amide bonds. The van der Waals surface area contributed by atoms with E-state index in [1.165, 1.54) is 257 Å². The fourth-order valence-electron chi connectivity index (χ4n) is 9.40. The van der Waals surface area contributed by atoms with E-state index in [2.05, 4.69) is 31.4 Å². The second kappa shape index (κ2) is 49.9. The van der Waals surface area contributed by atoms with E-state index in [-0.39, 0.29) is 11.8 Å². The van der Waals surface area contributed by atoms with E-state index in [1.807, 2.05) is 0 Å². The topological polar surface area (TPSA) is 67.4 Å². The molecule has 1 aromatic rings. The van der Waals surface area contributed by atoms with Gasteiger partial charge < -0.3 is 15.4 Å². The van der Waals surface area contributed by atoms with Gasteiger partial charge in [-0.1, -0.05) is 297 Å². The van der Waals surface area contributed by atoms with Gasteiger partial charge in [0.15, 0.2) is 0 Å². The van der Waals surface area contributed by atoms with Crippen molar-refractivity contribution in [2.75, 3.05) is 19.7 Å². The average molecular weight is 910 g/mol. The molecule has 0 aromatic heterocycles. The maximum Gasteiger partial charge on any atom is 0.255 e. The fourth-order valence-corrected chi connectivity index (χ4v) is 9.40. The fraction of sp³-hybridized carbons (Fsp3) is 0.867. The van der Waals surface area contributed by atoms with Crippen molar-refractivity contribution in [3.05, 3.63) is 29.3 Å². The first-order valence-corrected chi connectivity index (χ1v) is 29.5. The molecule has 0 bridgehead atoms. The van der Waals surface area contributed by atoms with E-state index in [4.69, 9.17) is 4.74 Å². The molecule has 65 heavy (non-hydrogen) atoms. The minimum atomic E-state index is -0.0965. The molecule has 0 aliphatic rings. The molecule has 2 N–H and O–H groups in total. The Bertz CT molecular complexity index is 1150. The number of nitrogens with one attached hydrogen (secondary N) is 2. The Hall–Kier alpha value is -2.04. The first-order valence-electron chi connectivity index (χ1n) is 29.5. The third-order valence-corrected chi connectivity index (χ3v) is 13.9. The lowest BCUT2D eigenvalue weighted by Gasteiger charge is -2.14. The zero-order valence-corrected chi connectivity index (χ0v) is 44.1.